The fourth-order valence-electron chi connectivity index (χ4n) is 2.08. The summed E-state index contributed by atoms with van der Waals surface area (Å²) in [6.45, 7) is 4.66. The smallest absolute Gasteiger partial charge is 0.308 e. The van der Waals surface area contributed by atoms with Crippen molar-refractivity contribution in [3.8, 4) is 17.0 Å². The number of hydrogen-bond acceptors (Lipinski definition) is 4. The number of thiazole rings is 1. The van der Waals surface area contributed by atoms with Gasteiger partial charge in [0.15, 0.2) is 0 Å². The number of ether oxygens (including phenoxy) is 1. The van der Waals surface area contributed by atoms with E-state index in [9.17, 15) is 4.79 Å². The average Bonchev–Trinajstić information content (AvgIpc) is 2.82. The Morgan fingerprint density at radius 2 is 2.00 bits per heavy atom. The highest BCUT2D eigenvalue weighted by Gasteiger charge is 2.15. The molecule has 112 valence electrons. The number of carboxylic acid groups (broad SMARTS) is 1. The molecule has 1 aromatic heterocycles. The third-order valence-electron chi connectivity index (χ3n) is 2.96. The highest BCUT2D eigenvalue weighted by Crippen LogP contribution is 2.30. The van der Waals surface area contributed by atoms with Crippen LogP contribution in [0, 0.1) is 0 Å². The lowest BCUT2D eigenvalue weighted by Gasteiger charge is -2.04. The van der Waals surface area contributed by atoms with E-state index in [0.717, 1.165) is 39.7 Å². The molecule has 0 saturated heterocycles. The molecule has 0 radical (unpaired) electrons. The van der Waals surface area contributed by atoms with E-state index in [0.29, 0.717) is 6.61 Å². The summed E-state index contributed by atoms with van der Waals surface area (Å²) in [5.41, 5.74) is 1.72. The van der Waals surface area contributed by atoms with Crippen LogP contribution in [0.2, 0.25) is 0 Å². The highest BCUT2D eigenvalue weighted by molar-refractivity contribution is 7.12. The molecule has 21 heavy (non-hydrogen) atoms. The van der Waals surface area contributed by atoms with E-state index in [-0.39, 0.29) is 6.42 Å². The molecule has 4 nitrogen and oxygen atoms in total. The van der Waals surface area contributed by atoms with Gasteiger partial charge in [-0.15, -0.1) is 11.3 Å². The van der Waals surface area contributed by atoms with E-state index >= 15 is 0 Å². The molecule has 2 aromatic rings. The summed E-state index contributed by atoms with van der Waals surface area (Å²) in [7, 11) is 0. The quantitative estimate of drug-likeness (QED) is 0.845. The van der Waals surface area contributed by atoms with Crippen LogP contribution >= 0.6 is 11.3 Å². The molecule has 0 bridgehead atoms. The molecule has 1 N–H and O–H groups in total. The molecule has 0 aliphatic rings. The maximum Gasteiger partial charge on any atom is 0.308 e. The van der Waals surface area contributed by atoms with Gasteiger partial charge in [0.05, 0.1) is 23.7 Å². The number of rotatable bonds is 7. The fraction of sp³-hybridized carbons (Fsp3) is 0.375. The Labute approximate surface area is 128 Å². The SMILES string of the molecule is CCCc1nc(-c2ccc(OCC)cc2)c(CC(=O)O)s1. The standard InChI is InChI=1S/C16H19NO3S/c1-3-5-14-17-16(13(21-14)10-15(18)19)11-6-8-12(9-7-11)20-4-2/h6-9H,3-5,10H2,1-2H3,(H,18,19). The predicted molar refractivity (Wildman–Crippen MR) is 84.1 cm³/mol. The molecular weight excluding hydrogens is 286 g/mol. The Morgan fingerprint density at radius 3 is 2.57 bits per heavy atom. The molecule has 2 rings (SSSR count). The number of aryl methyl sites for hydroxylation is 1. The van der Waals surface area contributed by atoms with Crippen molar-refractivity contribution in [1.29, 1.82) is 0 Å². The zero-order valence-corrected chi connectivity index (χ0v) is 13.1. The molecule has 0 atom stereocenters. The van der Waals surface area contributed by atoms with E-state index in [4.69, 9.17) is 9.84 Å². The van der Waals surface area contributed by atoms with Crippen molar-refractivity contribution in [3.05, 3.63) is 34.2 Å². The summed E-state index contributed by atoms with van der Waals surface area (Å²) < 4.78 is 5.42. The molecule has 0 unspecified atom stereocenters. The summed E-state index contributed by atoms with van der Waals surface area (Å²) in [5, 5.41) is 10.0. The van der Waals surface area contributed by atoms with Crippen molar-refractivity contribution in [1.82, 2.24) is 4.98 Å². The average molecular weight is 305 g/mol. The molecule has 0 fully saturated rings. The third-order valence-corrected chi connectivity index (χ3v) is 4.07. The lowest BCUT2D eigenvalue weighted by Crippen LogP contribution is -1.99. The van der Waals surface area contributed by atoms with E-state index < -0.39 is 5.97 Å². The van der Waals surface area contributed by atoms with Crippen molar-refractivity contribution in [2.75, 3.05) is 6.61 Å². The predicted octanol–water partition coefficient (Wildman–Crippen LogP) is 3.79. The van der Waals surface area contributed by atoms with E-state index in [1.165, 1.54) is 11.3 Å². The van der Waals surface area contributed by atoms with Gasteiger partial charge in [0.2, 0.25) is 0 Å². The Bertz CT molecular complexity index is 604. The third kappa shape index (κ3) is 4.04. The molecule has 0 saturated carbocycles. The van der Waals surface area contributed by atoms with Gasteiger partial charge in [-0.05, 0) is 44.0 Å². The van der Waals surface area contributed by atoms with Gasteiger partial charge in [-0.25, -0.2) is 4.98 Å². The van der Waals surface area contributed by atoms with Crippen LogP contribution in [0.3, 0.4) is 0 Å². The van der Waals surface area contributed by atoms with Crippen molar-refractivity contribution in [2.24, 2.45) is 0 Å². The lowest BCUT2D eigenvalue weighted by molar-refractivity contribution is -0.136. The summed E-state index contributed by atoms with van der Waals surface area (Å²) >= 11 is 1.50. The number of carbonyl (C=O) groups is 1. The number of hydrogen-bond donors (Lipinski definition) is 1. The van der Waals surface area contributed by atoms with Crippen molar-refractivity contribution in [2.45, 2.75) is 33.1 Å². The zero-order chi connectivity index (χ0) is 15.2. The number of benzene rings is 1. The van der Waals surface area contributed by atoms with Gasteiger partial charge in [0.25, 0.3) is 0 Å². The second-order valence-electron chi connectivity index (χ2n) is 4.66. The summed E-state index contributed by atoms with van der Waals surface area (Å²) in [4.78, 5) is 16.4. The number of aromatic nitrogens is 1. The maximum absolute atomic E-state index is 11.0. The Kier molecular flexibility index (Phi) is 5.33. The van der Waals surface area contributed by atoms with Gasteiger partial charge < -0.3 is 9.84 Å². The van der Waals surface area contributed by atoms with Crippen LogP contribution < -0.4 is 4.74 Å². The highest BCUT2D eigenvalue weighted by atomic mass is 32.1. The van der Waals surface area contributed by atoms with Crippen LogP contribution in [-0.4, -0.2) is 22.7 Å². The van der Waals surface area contributed by atoms with E-state index in [1.807, 2.05) is 31.2 Å². The first-order chi connectivity index (χ1) is 10.1. The largest absolute Gasteiger partial charge is 0.494 e. The Balaban J connectivity index is 2.33. The molecule has 0 aliphatic carbocycles. The minimum absolute atomic E-state index is 0.0178. The molecule has 0 spiro atoms. The molecule has 1 heterocycles. The lowest BCUT2D eigenvalue weighted by atomic mass is 10.1. The summed E-state index contributed by atoms with van der Waals surface area (Å²) in [5.74, 6) is -0.0149. The van der Waals surface area contributed by atoms with Gasteiger partial charge in [0.1, 0.15) is 5.75 Å². The Hall–Kier alpha value is -1.88. The topological polar surface area (TPSA) is 59.4 Å². The Morgan fingerprint density at radius 1 is 1.29 bits per heavy atom. The molecule has 0 aliphatic heterocycles. The van der Waals surface area contributed by atoms with Crippen LogP contribution in [-0.2, 0) is 17.6 Å². The van der Waals surface area contributed by atoms with Crippen LogP contribution in [0.4, 0.5) is 0 Å². The minimum atomic E-state index is -0.825. The number of aliphatic carboxylic acids is 1. The van der Waals surface area contributed by atoms with Crippen molar-refractivity contribution >= 4 is 17.3 Å². The fourth-order valence-corrected chi connectivity index (χ4v) is 3.26. The van der Waals surface area contributed by atoms with Gasteiger partial charge >= 0.3 is 5.97 Å². The number of nitrogens with zero attached hydrogens (tertiary/aromatic N) is 1. The van der Waals surface area contributed by atoms with Crippen LogP contribution in [0.15, 0.2) is 24.3 Å². The van der Waals surface area contributed by atoms with Crippen LogP contribution in [0.25, 0.3) is 11.3 Å². The second kappa shape index (κ2) is 7.22. The summed E-state index contributed by atoms with van der Waals surface area (Å²) in [6, 6.07) is 7.65. The molecule has 0 amide bonds. The first kappa shape index (κ1) is 15.5. The zero-order valence-electron chi connectivity index (χ0n) is 12.3. The van der Waals surface area contributed by atoms with E-state index in [1.54, 1.807) is 0 Å². The number of carboxylic acids is 1. The van der Waals surface area contributed by atoms with Gasteiger partial charge in [-0.1, -0.05) is 6.92 Å². The van der Waals surface area contributed by atoms with E-state index in [2.05, 4.69) is 11.9 Å². The molecular formula is C16H19NO3S. The minimum Gasteiger partial charge on any atom is -0.494 e. The van der Waals surface area contributed by atoms with Crippen molar-refractivity contribution in [3.63, 3.8) is 0 Å². The normalized spacial score (nSPS) is 10.6. The molecule has 1 aromatic carbocycles. The second-order valence-corrected chi connectivity index (χ2v) is 5.83. The van der Waals surface area contributed by atoms with Gasteiger partial charge in [-0.2, -0.15) is 0 Å². The summed E-state index contributed by atoms with van der Waals surface area (Å²) in [6.07, 6.45) is 1.90. The van der Waals surface area contributed by atoms with Gasteiger partial charge in [0, 0.05) is 10.4 Å². The molecule has 5 heteroatoms. The first-order valence-corrected chi connectivity index (χ1v) is 7.89. The van der Waals surface area contributed by atoms with Crippen LogP contribution in [0.1, 0.15) is 30.2 Å². The first-order valence-electron chi connectivity index (χ1n) is 7.07. The van der Waals surface area contributed by atoms with Crippen LogP contribution in [0.5, 0.6) is 5.75 Å². The van der Waals surface area contributed by atoms with Gasteiger partial charge in [-0.3, -0.25) is 4.79 Å². The monoisotopic (exact) mass is 305 g/mol. The maximum atomic E-state index is 11.0. The van der Waals surface area contributed by atoms with Crippen molar-refractivity contribution < 1.29 is 14.6 Å².